The van der Waals surface area contributed by atoms with Gasteiger partial charge in [0.1, 0.15) is 5.41 Å². The molecule has 2 heterocycles. The van der Waals surface area contributed by atoms with Crippen LogP contribution in [0.25, 0.3) is 11.0 Å². The smallest absolute Gasteiger partial charge is 0.315 e. The van der Waals surface area contributed by atoms with E-state index in [2.05, 4.69) is 15.4 Å². The molecule has 0 fully saturated rings. The summed E-state index contributed by atoms with van der Waals surface area (Å²) in [7, 11) is 0. The van der Waals surface area contributed by atoms with Crippen molar-refractivity contribution in [1.29, 1.82) is 0 Å². The number of rotatable bonds is 7. The maximum atomic E-state index is 12.7. The number of carboxylic acid groups (broad SMARTS) is 1. The van der Waals surface area contributed by atoms with Gasteiger partial charge in [0.05, 0.1) is 11.8 Å². The lowest BCUT2D eigenvalue weighted by atomic mass is 9.78. The zero-order valence-corrected chi connectivity index (χ0v) is 16.2. The lowest BCUT2D eigenvalue weighted by Gasteiger charge is -2.29. The molecule has 28 heavy (non-hydrogen) atoms. The fourth-order valence-corrected chi connectivity index (χ4v) is 3.31. The quantitative estimate of drug-likeness (QED) is 0.656. The molecule has 1 atom stereocenters. The van der Waals surface area contributed by atoms with Gasteiger partial charge in [0.15, 0.2) is 5.65 Å². The number of amides is 1. The maximum Gasteiger partial charge on any atom is 0.315 e. The first-order chi connectivity index (χ1) is 13.4. The van der Waals surface area contributed by atoms with Gasteiger partial charge in [-0.3, -0.25) is 9.59 Å². The average molecular weight is 380 g/mol. The Morgan fingerprint density at radius 1 is 1.21 bits per heavy atom. The van der Waals surface area contributed by atoms with Crippen molar-refractivity contribution in [3.8, 4) is 0 Å². The van der Waals surface area contributed by atoms with Crippen LogP contribution in [-0.2, 0) is 10.2 Å². The summed E-state index contributed by atoms with van der Waals surface area (Å²) in [5.74, 6) is -1.32. The number of hydrogen-bond acceptors (Lipinski definition) is 4. The van der Waals surface area contributed by atoms with Gasteiger partial charge in [0.2, 0.25) is 0 Å². The SMILES string of the molecule is CCC(CNC(=O)c1cnc2c(cnn2C(C)C)c1)(C(=O)O)c1ccccc1. The molecule has 146 valence electrons. The van der Waals surface area contributed by atoms with Crippen molar-refractivity contribution in [3.63, 3.8) is 0 Å². The second-order valence-electron chi connectivity index (χ2n) is 7.11. The molecule has 3 rings (SSSR count). The Bertz CT molecular complexity index is 997. The number of nitrogens with zero attached hydrogens (tertiary/aromatic N) is 3. The minimum atomic E-state index is -1.18. The van der Waals surface area contributed by atoms with Crippen molar-refractivity contribution in [2.24, 2.45) is 0 Å². The van der Waals surface area contributed by atoms with Gasteiger partial charge in [-0.2, -0.15) is 5.10 Å². The first-order valence-electron chi connectivity index (χ1n) is 9.29. The molecule has 0 bridgehead atoms. The Balaban J connectivity index is 1.83. The van der Waals surface area contributed by atoms with Crippen molar-refractivity contribution in [2.45, 2.75) is 38.6 Å². The molecular weight excluding hydrogens is 356 g/mol. The Hall–Kier alpha value is -3.22. The molecule has 0 saturated heterocycles. The summed E-state index contributed by atoms with van der Waals surface area (Å²) in [6.07, 6.45) is 3.52. The monoisotopic (exact) mass is 380 g/mol. The van der Waals surface area contributed by atoms with Crippen molar-refractivity contribution in [2.75, 3.05) is 6.54 Å². The third kappa shape index (κ3) is 3.47. The zero-order chi connectivity index (χ0) is 20.3. The molecule has 1 aromatic carbocycles. The Morgan fingerprint density at radius 2 is 1.93 bits per heavy atom. The van der Waals surface area contributed by atoms with Crippen LogP contribution < -0.4 is 5.32 Å². The number of pyridine rings is 1. The van der Waals surface area contributed by atoms with Crippen LogP contribution in [0, 0.1) is 0 Å². The first kappa shape index (κ1) is 19.5. The normalized spacial score (nSPS) is 13.4. The summed E-state index contributed by atoms with van der Waals surface area (Å²) in [5, 5.41) is 17.7. The molecule has 0 saturated carbocycles. The van der Waals surface area contributed by atoms with Gasteiger partial charge in [-0.1, -0.05) is 37.3 Å². The number of aromatic nitrogens is 3. The molecular formula is C21H24N4O3. The summed E-state index contributed by atoms with van der Waals surface area (Å²) in [5.41, 5.74) is 0.567. The van der Waals surface area contributed by atoms with E-state index in [1.807, 2.05) is 19.9 Å². The Kier molecular flexibility index (Phi) is 5.44. The molecule has 2 N–H and O–H groups in total. The highest BCUT2D eigenvalue weighted by atomic mass is 16.4. The maximum absolute atomic E-state index is 12.7. The van der Waals surface area contributed by atoms with Gasteiger partial charge >= 0.3 is 5.97 Å². The number of carbonyl (C=O) groups is 2. The van der Waals surface area contributed by atoms with E-state index < -0.39 is 11.4 Å². The minimum Gasteiger partial charge on any atom is -0.481 e. The second kappa shape index (κ2) is 7.80. The first-order valence-corrected chi connectivity index (χ1v) is 9.29. The van der Waals surface area contributed by atoms with Crippen LogP contribution in [-0.4, -0.2) is 38.3 Å². The van der Waals surface area contributed by atoms with Gasteiger partial charge in [-0.25, -0.2) is 9.67 Å². The highest BCUT2D eigenvalue weighted by Gasteiger charge is 2.39. The largest absolute Gasteiger partial charge is 0.481 e. The number of benzene rings is 1. The fraction of sp³-hybridized carbons (Fsp3) is 0.333. The molecule has 1 unspecified atom stereocenters. The molecule has 1 amide bonds. The number of fused-ring (bicyclic) bond motifs is 1. The topological polar surface area (TPSA) is 97.1 Å². The van der Waals surface area contributed by atoms with Gasteiger partial charge < -0.3 is 10.4 Å². The lowest BCUT2D eigenvalue weighted by Crippen LogP contribution is -2.46. The standard InChI is InChI=1S/C21H24N4O3/c1-4-21(20(27)28,17-8-6-5-7-9-17)13-23-19(26)16-10-15-12-24-25(14(2)3)18(15)22-11-16/h5-12,14H,4,13H2,1-3H3,(H,23,26)(H,27,28). The number of carboxylic acids is 1. The van der Waals surface area contributed by atoms with Crippen molar-refractivity contribution < 1.29 is 14.7 Å². The van der Waals surface area contributed by atoms with E-state index in [0.29, 0.717) is 23.2 Å². The highest BCUT2D eigenvalue weighted by Crippen LogP contribution is 2.28. The molecule has 0 radical (unpaired) electrons. The molecule has 0 aliphatic heterocycles. The van der Waals surface area contributed by atoms with Crippen LogP contribution in [0.15, 0.2) is 48.8 Å². The van der Waals surface area contributed by atoms with Crippen LogP contribution in [0.3, 0.4) is 0 Å². The predicted octanol–water partition coefficient (Wildman–Crippen LogP) is 3.17. The molecule has 7 nitrogen and oxygen atoms in total. The van der Waals surface area contributed by atoms with Gasteiger partial charge in [0.25, 0.3) is 5.91 Å². The van der Waals surface area contributed by atoms with E-state index >= 15 is 0 Å². The highest BCUT2D eigenvalue weighted by molar-refractivity contribution is 5.97. The molecule has 7 heteroatoms. The van der Waals surface area contributed by atoms with Crippen molar-refractivity contribution in [3.05, 3.63) is 59.9 Å². The third-order valence-electron chi connectivity index (χ3n) is 5.07. The Morgan fingerprint density at radius 3 is 2.54 bits per heavy atom. The van der Waals surface area contributed by atoms with Crippen molar-refractivity contribution in [1.82, 2.24) is 20.1 Å². The minimum absolute atomic E-state index is 0.00896. The number of aliphatic carboxylic acids is 1. The summed E-state index contributed by atoms with van der Waals surface area (Å²) in [4.78, 5) is 29.1. The number of nitrogens with one attached hydrogen (secondary N) is 1. The van der Waals surface area contributed by atoms with Crippen LogP contribution in [0.1, 0.15) is 49.2 Å². The van der Waals surface area contributed by atoms with E-state index in [4.69, 9.17) is 0 Å². The van der Waals surface area contributed by atoms with Crippen LogP contribution in [0.2, 0.25) is 0 Å². The van der Waals surface area contributed by atoms with Gasteiger partial charge in [-0.15, -0.1) is 0 Å². The molecule has 0 aliphatic rings. The zero-order valence-electron chi connectivity index (χ0n) is 16.2. The summed E-state index contributed by atoms with van der Waals surface area (Å²) in [6.45, 7) is 5.81. The third-order valence-corrected chi connectivity index (χ3v) is 5.07. The fourth-order valence-electron chi connectivity index (χ4n) is 3.31. The average Bonchev–Trinajstić information content (AvgIpc) is 3.12. The summed E-state index contributed by atoms with van der Waals surface area (Å²) < 4.78 is 1.79. The van der Waals surface area contributed by atoms with E-state index in [-0.39, 0.29) is 18.5 Å². The molecule has 3 aromatic rings. The number of carbonyl (C=O) groups excluding carboxylic acids is 1. The van der Waals surface area contributed by atoms with E-state index in [1.165, 1.54) is 6.20 Å². The van der Waals surface area contributed by atoms with Crippen LogP contribution >= 0.6 is 0 Å². The van der Waals surface area contributed by atoms with E-state index in [1.54, 1.807) is 48.1 Å². The lowest BCUT2D eigenvalue weighted by molar-refractivity contribution is -0.143. The van der Waals surface area contributed by atoms with Crippen LogP contribution in [0.5, 0.6) is 0 Å². The van der Waals surface area contributed by atoms with Crippen molar-refractivity contribution >= 4 is 22.9 Å². The van der Waals surface area contributed by atoms with E-state index in [9.17, 15) is 14.7 Å². The summed E-state index contributed by atoms with van der Waals surface area (Å²) in [6, 6.07) is 10.9. The molecule has 2 aromatic heterocycles. The second-order valence-corrected chi connectivity index (χ2v) is 7.11. The van der Waals surface area contributed by atoms with Crippen LogP contribution in [0.4, 0.5) is 0 Å². The molecule has 0 spiro atoms. The molecule has 0 aliphatic carbocycles. The number of hydrogen-bond donors (Lipinski definition) is 2. The van der Waals surface area contributed by atoms with Gasteiger partial charge in [0, 0.05) is 24.2 Å². The summed E-state index contributed by atoms with van der Waals surface area (Å²) >= 11 is 0. The van der Waals surface area contributed by atoms with E-state index in [0.717, 1.165) is 5.39 Å². The predicted molar refractivity (Wildman–Crippen MR) is 106 cm³/mol. The Labute approximate surface area is 163 Å². The van der Waals surface area contributed by atoms with Gasteiger partial charge in [-0.05, 0) is 31.9 Å².